The number of hydrogen-bond acceptors (Lipinski definition) is 5. The Balaban J connectivity index is 2.36. The Morgan fingerprint density at radius 3 is 2.71 bits per heavy atom. The molecule has 0 unspecified atom stereocenters. The van der Waals surface area contributed by atoms with Crippen molar-refractivity contribution in [3.8, 4) is 11.5 Å². The molecule has 0 bridgehead atoms. The van der Waals surface area contributed by atoms with E-state index < -0.39 is 11.4 Å². The third kappa shape index (κ3) is 2.23. The number of esters is 1. The Kier molecular flexibility index (Phi) is 3.31. The van der Waals surface area contributed by atoms with Crippen LogP contribution in [0.25, 0.3) is 22.5 Å². The third-order valence-corrected chi connectivity index (χ3v) is 3.02. The molecule has 21 heavy (non-hydrogen) atoms. The second kappa shape index (κ2) is 5.28. The topological polar surface area (TPSA) is 69.7 Å². The summed E-state index contributed by atoms with van der Waals surface area (Å²) in [6.07, 6.45) is 1.44. The summed E-state index contributed by atoms with van der Waals surface area (Å²) in [4.78, 5) is 24.7. The highest BCUT2D eigenvalue weighted by Crippen LogP contribution is 2.26. The van der Waals surface area contributed by atoms with Crippen molar-refractivity contribution in [3.63, 3.8) is 0 Å². The highest BCUT2D eigenvalue weighted by molar-refractivity contribution is 5.98. The number of rotatable bonds is 3. The zero-order chi connectivity index (χ0) is 14.8. The Morgan fingerprint density at radius 2 is 2.00 bits per heavy atom. The summed E-state index contributed by atoms with van der Waals surface area (Å²) in [6, 6.07) is 10.0. The minimum absolute atomic E-state index is 0.0853. The summed E-state index contributed by atoms with van der Waals surface area (Å²) >= 11 is 0. The van der Waals surface area contributed by atoms with Gasteiger partial charge in [-0.3, -0.25) is 4.79 Å². The molecule has 0 atom stereocenters. The van der Waals surface area contributed by atoms with Crippen molar-refractivity contribution in [2.24, 2.45) is 0 Å². The van der Waals surface area contributed by atoms with Crippen LogP contribution in [0.15, 0.2) is 56.3 Å². The quantitative estimate of drug-likeness (QED) is 0.690. The van der Waals surface area contributed by atoms with Crippen LogP contribution in [-0.2, 0) is 4.74 Å². The van der Waals surface area contributed by atoms with E-state index in [1.54, 1.807) is 43.3 Å². The first-order valence-electron chi connectivity index (χ1n) is 6.49. The van der Waals surface area contributed by atoms with Gasteiger partial charge in [0.05, 0.1) is 18.3 Å². The van der Waals surface area contributed by atoms with E-state index in [0.29, 0.717) is 16.7 Å². The van der Waals surface area contributed by atoms with Crippen LogP contribution in [-0.4, -0.2) is 12.6 Å². The van der Waals surface area contributed by atoms with E-state index in [0.717, 1.165) is 0 Å². The number of carbonyl (C=O) groups is 1. The number of para-hydroxylation sites is 1. The van der Waals surface area contributed by atoms with E-state index in [4.69, 9.17) is 13.6 Å². The maximum atomic E-state index is 12.6. The number of carbonyl (C=O) groups excluding carboxylic acids is 1. The van der Waals surface area contributed by atoms with Crippen molar-refractivity contribution in [1.82, 2.24) is 0 Å². The van der Waals surface area contributed by atoms with Gasteiger partial charge < -0.3 is 13.6 Å². The minimum Gasteiger partial charge on any atom is -0.462 e. The van der Waals surface area contributed by atoms with Crippen LogP contribution in [0.5, 0.6) is 0 Å². The van der Waals surface area contributed by atoms with Crippen LogP contribution < -0.4 is 5.43 Å². The molecule has 0 N–H and O–H groups in total. The van der Waals surface area contributed by atoms with Gasteiger partial charge in [-0.25, -0.2) is 4.79 Å². The molecule has 0 spiro atoms. The highest BCUT2D eigenvalue weighted by Gasteiger charge is 2.24. The Bertz CT molecular complexity index is 843. The monoisotopic (exact) mass is 284 g/mol. The maximum absolute atomic E-state index is 12.6. The molecule has 0 fully saturated rings. The minimum atomic E-state index is -0.719. The summed E-state index contributed by atoms with van der Waals surface area (Å²) in [5, 5.41) is 0.329. The molecular weight excluding hydrogens is 272 g/mol. The maximum Gasteiger partial charge on any atom is 0.346 e. The van der Waals surface area contributed by atoms with Crippen LogP contribution >= 0.6 is 0 Å². The summed E-state index contributed by atoms with van der Waals surface area (Å²) in [5.41, 5.74) is -0.186. The van der Waals surface area contributed by atoms with Gasteiger partial charge in [-0.15, -0.1) is 0 Å². The fourth-order valence-electron chi connectivity index (χ4n) is 2.11. The molecule has 0 amide bonds. The molecule has 5 heteroatoms. The van der Waals surface area contributed by atoms with Crippen molar-refractivity contribution in [2.45, 2.75) is 6.92 Å². The number of benzene rings is 1. The van der Waals surface area contributed by atoms with Crippen LogP contribution in [0.2, 0.25) is 0 Å². The predicted molar refractivity (Wildman–Crippen MR) is 76.1 cm³/mol. The lowest BCUT2D eigenvalue weighted by atomic mass is 10.1. The van der Waals surface area contributed by atoms with Crippen LogP contribution in [0.1, 0.15) is 17.3 Å². The van der Waals surface area contributed by atoms with Gasteiger partial charge in [-0.05, 0) is 31.2 Å². The largest absolute Gasteiger partial charge is 0.462 e. The molecule has 106 valence electrons. The molecule has 0 saturated heterocycles. The van der Waals surface area contributed by atoms with E-state index in [1.165, 1.54) is 6.26 Å². The Hall–Kier alpha value is -2.82. The number of furan rings is 1. The highest BCUT2D eigenvalue weighted by atomic mass is 16.5. The van der Waals surface area contributed by atoms with E-state index in [1.807, 2.05) is 0 Å². The van der Waals surface area contributed by atoms with Gasteiger partial charge in [0.2, 0.25) is 5.43 Å². The van der Waals surface area contributed by atoms with Crippen molar-refractivity contribution in [2.75, 3.05) is 6.61 Å². The number of ether oxygens (including phenoxy) is 1. The first-order chi connectivity index (χ1) is 10.2. The second-order valence-electron chi connectivity index (χ2n) is 4.33. The first-order valence-corrected chi connectivity index (χ1v) is 6.49. The van der Waals surface area contributed by atoms with Crippen molar-refractivity contribution >= 4 is 16.9 Å². The zero-order valence-corrected chi connectivity index (χ0v) is 11.3. The van der Waals surface area contributed by atoms with Crippen LogP contribution in [0, 0.1) is 0 Å². The van der Waals surface area contributed by atoms with Crippen molar-refractivity contribution in [3.05, 3.63) is 58.4 Å². The van der Waals surface area contributed by atoms with E-state index >= 15 is 0 Å². The summed E-state index contributed by atoms with van der Waals surface area (Å²) < 4.78 is 15.9. The molecule has 2 aromatic heterocycles. The summed E-state index contributed by atoms with van der Waals surface area (Å²) in [6.45, 7) is 1.84. The lowest BCUT2D eigenvalue weighted by Gasteiger charge is -2.07. The molecule has 0 aliphatic rings. The lowest BCUT2D eigenvalue weighted by Crippen LogP contribution is -2.19. The van der Waals surface area contributed by atoms with E-state index in [2.05, 4.69) is 0 Å². The predicted octanol–water partition coefficient (Wildman–Crippen LogP) is 3.23. The molecule has 3 aromatic rings. The van der Waals surface area contributed by atoms with E-state index in [9.17, 15) is 9.59 Å². The molecule has 5 nitrogen and oxygen atoms in total. The molecule has 2 heterocycles. The van der Waals surface area contributed by atoms with Gasteiger partial charge in [0, 0.05) is 0 Å². The second-order valence-corrected chi connectivity index (χ2v) is 4.33. The summed E-state index contributed by atoms with van der Waals surface area (Å²) in [5.74, 6) is -0.327. The molecule has 0 radical (unpaired) electrons. The molecule has 0 saturated carbocycles. The number of hydrogen-bond donors (Lipinski definition) is 0. The number of fused-ring (bicyclic) bond motifs is 1. The van der Waals surface area contributed by atoms with E-state index in [-0.39, 0.29) is 17.9 Å². The normalized spacial score (nSPS) is 10.7. The zero-order valence-electron chi connectivity index (χ0n) is 11.3. The molecule has 0 aliphatic carbocycles. The molecular formula is C16H12O5. The van der Waals surface area contributed by atoms with Gasteiger partial charge >= 0.3 is 5.97 Å². The van der Waals surface area contributed by atoms with Gasteiger partial charge in [0.15, 0.2) is 17.1 Å². The summed E-state index contributed by atoms with van der Waals surface area (Å²) in [7, 11) is 0. The third-order valence-electron chi connectivity index (χ3n) is 3.02. The molecule has 1 aromatic carbocycles. The average Bonchev–Trinajstić information content (AvgIpc) is 3.01. The van der Waals surface area contributed by atoms with Gasteiger partial charge in [-0.2, -0.15) is 0 Å². The SMILES string of the molecule is CCOC(=O)c1c(-c2ccco2)oc2ccccc2c1=O. The fraction of sp³-hybridized carbons (Fsp3) is 0.125. The van der Waals surface area contributed by atoms with Gasteiger partial charge in [0.25, 0.3) is 0 Å². The average molecular weight is 284 g/mol. The standard InChI is InChI=1S/C16H12O5/c1-2-19-16(18)13-14(17)10-6-3-4-7-11(10)21-15(13)12-8-5-9-20-12/h3-9H,2H2,1H3. The first kappa shape index (κ1) is 13.2. The Morgan fingerprint density at radius 1 is 1.19 bits per heavy atom. The van der Waals surface area contributed by atoms with Crippen LogP contribution in [0.4, 0.5) is 0 Å². The van der Waals surface area contributed by atoms with Crippen LogP contribution in [0.3, 0.4) is 0 Å². The molecule has 0 aliphatic heterocycles. The van der Waals surface area contributed by atoms with Gasteiger partial charge in [0.1, 0.15) is 5.58 Å². The molecule has 3 rings (SSSR count). The smallest absolute Gasteiger partial charge is 0.346 e. The lowest BCUT2D eigenvalue weighted by molar-refractivity contribution is 0.0523. The van der Waals surface area contributed by atoms with Crippen molar-refractivity contribution in [1.29, 1.82) is 0 Å². The van der Waals surface area contributed by atoms with Crippen molar-refractivity contribution < 1.29 is 18.4 Å². The Labute approximate surface area is 119 Å². The van der Waals surface area contributed by atoms with Gasteiger partial charge in [-0.1, -0.05) is 12.1 Å². The fourth-order valence-corrected chi connectivity index (χ4v) is 2.11.